The fourth-order valence-corrected chi connectivity index (χ4v) is 3.16. The highest BCUT2D eigenvalue weighted by molar-refractivity contribution is 5.94. The summed E-state index contributed by atoms with van der Waals surface area (Å²) in [6.07, 6.45) is 0. The van der Waals surface area contributed by atoms with Gasteiger partial charge in [-0.15, -0.1) is 0 Å². The van der Waals surface area contributed by atoms with Crippen molar-refractivity contribution in [2.75, 3.05) is 26.7 Å². The van der Waals surface area contributed by atoms with Crippen molar-refractivity contribution in [2.24, 2.45) is 0 Å². The van der Waals surface area contributed by atoms with Crippen LogP contribution in [0.4, 0.5) is 4.39 Å². The Balaban J connectivity index is 1.80. The minimum absolute atomic E-state index is 0.0679. The number of hydrogen-bond donors (Lipinski definition) is 0. The molecule has 1 amide bonds. The van der Waals surface area contributed by atoms with Crippen molar-refractivity contribution >= 4 is 5.91 Å². The minimum Gasteiger partial charge on any atom is -0.335 e. The zero-order valence-corrected chi connectivity index (χ0v) is 14.4. The third kappa shape index (κ3) is 3.34. The molecule has 1 heterocycles. The van der Waals surface area contributed by atoms with Gasteiger partial charge in [-0.25, -0.2) is 4.39 Å². The van der Waals surface area contributed by atoms with Gasteiger partial charge in [0.25, 0.3) is 5.91 Å². The Hall–Kier alpha value is -2.20. The molecule has 0 N–H and O–H groups in total. The second-order valence-electron chi connectivity index (χ2n) is 6.60. The van der Waals surface area contributed by atoms with Crippen LogP contribution in [0.3, 0.4) is 0 Å². The third-order valence-corrected chi connectivity index (χ3v) is 4.94. The molecule has 126 valence electrons. The van der Waals surface area contributed by atoms with Crippen LogP contribution in [0.5, 0.6) is 0 Å². The van der Waals surface area contributed by atoms with Crippen molar-refractivity contribution in [3.05, 3.63) is 70.5 Å². The number of carbonyl (C=O) groups is 1. The third-order valence-electron chi connectivity index (χ3n) is 4.94. The van der Waals surface area contributed by atoms with E-state index in [2.05, 4.69) is 4.90 Å². The van der Waals surface area contributed by atoms with Crippen LogP contribution < -0.4 is 0 Å². The Morgan fingerprint density at radius 3 is 2.42 bits per heavy atom. The van der Waals surface area contributed by atoms with Crippen LogP contribution in [0, 0.1) is 19.7 Å². The molecule has 1 unspecified atom stereocenters. The zero-order chi connectivity index (χ0) is 17.3. The first kappa shape index (κ1) is 16.7. The molecular formula is C20H23FN2O. The topological polar surface area (TPSA) is 23.6 Å². The number of carbonyl (C=O) groups excluding carboxylic acids is 1. The van der Waals surface area contributed by atoms with Crippen LogP contribution in [-0.4, -0.2) is 42.4 Å². The Morgan fingerprint density at radius 1 is 1.04 bits per heavy atom. The summed E-state index contributed by atoms with van der Waals surface area (Å²) < 4.78 is 13.2. The van der Waals surface area contributed by atoms with Gasteiger partial charge in [0, 0.05) is 25.2 Å². The fraction of sp³-hybridized carbons (Fsp3) is 0.350. The van der Waals surface area contributed by atoms with Gasteiger partial charge in [-0.3, -0.25) is 9.69 Å². The second-order valence-corrected chi connectivity index (χ2v) is 6.60. The molecule has 0 saturated carbocycles. The van der Waals surface area contributed by atoms with Crippen LogP contribution in [0.15, 0.2) is 42.5 Å². The molecular weight excluding hydrogens is 303 g/mol. The number of amides is 1. The van der Waals surface area contributed by atoms with Gasteiger partial charge in [0.1, 0.15) is 5.82 Å². The molecule has 3 rings (SSSR count). The van der Waals surface area contributed by atoms with Gasteiger partial charge in [0.05, 0.1) is 6.04 Å². The van der Waals surface area contributed by atoms with Gasteiger partial charge in [0.15, 0.2) is 0 Å². The predicted molar refractivity (Wildman–Crippen MR) is 93.6 cm³/mol. The highest BCUT2D eigenvalue weighted by Gasteiger charge is 2.29. The lowest BCUT2D eigenvalue weighted by molar-refractivity contribution is 0.0546. The Bertz CT molecular complexity index is 742. The molecule has 1 aliphatic rings. The molecule has 4 heteroatoms. The molecule has 2 aromatic rings. The molecule has 1 atom stereocenters. The van der Waals surface area contributed by atoms with Crippen molar-refractivity contribution in [1.29, 1.82) is 0 Å². The number of halogens is 1. The molecule has 0 aromatic heterocycles. The Labute approximate surface area is 142 Å². The molecule has 24 heavy (non-hydrogen) atoms. The van der Waals surface area contributed by atoms with E-state index in [9.17, 15) is 9.18 Å². The van der Waals surface area contributed by atoms with Crippen molar-refractivity contribution in [3.63, 3.8) is 0 Å². The van der Waals surface area contributed by atoms with E-state index in [0.29, 0.717) is 13.1 Å². The summed E-state index contributed by atoms with van der Waals surface area (Å²) in [6, 6.07) is 12.5. The molecule has 0 aliphatic carbocycles. The molecule has 3 nitrogen and oxygen atoms in total. The van der Waals surface area contributed by atoms with Crippen LogP contribution in [0.25, 0.3) is 0 Å². The fourth-order valence-electron chi connectivity index (χ4n) is 3.16. The number of aryl methyl sites for hydroxylation is 2. The van der Waals surface area contributed by atoms with E-state index in [1.807, 2.05) is 44.0 Å². The van der Waals surface area contributed by atoms with E-state index in [1.165, 1.54) is 17.7 Å². The number of piperazine rings is 1. The lowest BCUT2D eigenvalue weighted by Gasteiger charge is -2.39. The summed E-state index contributed by atoms with van der Waals surface area (Å²) in [4.78, 5) is 17.0. The normalized spacial score (nSPS) is 18.7. The summed E-state index contributed by atoms with van der Waals surface area (Å²) in [5.41, 5.74) is 4.09. The van der Waals surface area contributed by atoms with Gasteiger partial charge in [-0.2, -0.15) is 0 Å². The van der Waals surface area contributed by atoms with Gasteiger partial charge < -0.3 is 4.90 Å². The van der Waals surface area contributed by atoms with Crippen molar-refractivity contribution in [2.45, 2.75) is 19.9 Å². The number of benzene rings is 2. The summed E-state index contributed by atoms with van der Waals surface area (Å²) in [6.45, 7) is 6.20. The Morgan fingerprint density at radius 2 is 1.75 bits per heavy atom. The van der Waals surface area contributed by atoms with E-state index < -0.39 is 0 Å². The van der Waals surface area contributed by atoms with Crippen molar-refractivity contribution in [1.82, 2.24) is 9.80 Å². The molecule has 0 bridgehead atoms. The van der Waals surface area contributed by atoms with E-state index in [4.69, 9.17) is 0 Å². The number of rotatable bonds is 2. The Kier molecular flexibility index (Phi) is 4.67. The first-order valence-corrected chi connectivity index (χ1v) is 8.28. The quantitative estimate of drug-likeness (QED) is 0.842. The summed E-state index contributed by atoms with van der Waals surface area (Å²) >= 11 is 0. The number of nitrogens with zero attached hydrogens (tertiary/aromatic N) is 2. The van der Waals surface area contributed by atoms with Crippen molar-refractivity contribution < 1.29 is 9.18 Å². The maximum Gasteiger partial charge on any atom is 0.253 e. The maximum absolute atomic E-state index is 13.2. The van der Waals surface area contributed by atoms with E-state index in [1.54, 1.807) is 12.1 Å². The van der Waals surface area contributed by atoms with Crippen LogP contribution in [-0.2, 0) is 0 Å². The summed E-state index contributed by atoms with van der Waals surface area (Å²) in [5.74, 6) is -0.168. The molecule has 2 aromatic carbocycles. The average Bonchev–Trinajstić information content (AvgIpc) is 2.58. The highest BCUT2D eigenvalue weighted by atomic mass is 19.1. The smallest absolute Gasteiger partial charge is 0.253 e. The van der Waals surface area contributed by atoms with Gasteiger partial charge in [-0.05, 0) is 61.9 Å². The van der Waals surface area contributed by atoms with Gasteiger partial charge >= 0.3 is 0 Å². The molecule has 0 radical (unpaired) electrons. The van der Waals surface area contributed by atoms with Crippen molar-refractivity contribution in [3.8, 4) is 0 Å². The minimum atomic E-state index is -0.236. The lowest BCUT2D eigenvalue weighted by atomic mass is 10.0. The first-order valence-electron chi connectivity index (χ1n) is 8.28. The first-order chi connectivity index (χ1) is 11.5. The number of likely N-dealkylation sites (N-methyl/N-ethyl adjacent to an activating group) is 1. The average molecular weight is 326 g/mol. The number of hydrogen-bond acceptors (Lipinski definition) is 2. The van der Waals surface area contributed by atoms with Gasteiger partial charge in [0.2, 0.25) is 0 Å². The lowest BCUT2D eigenvalue weighted by Crippen LogP contribution is -2.49. The highest BCUT2D eigenvalue weighted by Crippen LogP contribution is 2.25. The molecule has 1 fully saturated rings. The summed E-state index contributed by atoms with van der Waals surface area (Å²) in [7, 11) is 2.05. The monoisotopic (exact) mass is 326 g/mol. The standard InChI is InChI=1S/C20H23FN2O/c1-14-4-5-17(12-15(14)2)20(24)23-11-10-22(3)19(13-23)16-6-8-18(21)9-7-16/h4-9,12,19H,10-11,13H2,1-3H3. The van der Waals surface area contributed by atoms with Crippen LogP contribution in [0.1, 0.15) is 33.1 Å². The predicted octanol–water partition coefficient (Wildman–Crippen LogP) is 3.57. The molecule has 1 aliphatic heterocycles. The zero-order valence-electron chi connectivity index (χ0n) is 14.4. The largest absolute Gasteiger partial charge is 0.335 e. The van der Waals surface area contributed by atoms with Crippen LogP contribution >= 0.6 is 0 Å². The van der Waals surface area contributed by atoms with Gasteiger partial charge in [-0.1, -0.05) is 18.2 Å². The maximum atomic E-state index is 13.2. The summed E-state index contributed by atoms with van der Waals surface area (Å²) in [5, 5.41) is 0. The van der Waals surface area contributed by atoms with E-state index in [-0.39, 0.29) is 17.8 Å². The SMILES string of the molecule is Cc1ccc(C(=O)N2CCN(C)C(c3ccc(F)cc3)C2)cc1C. The second kappa shape index (κ2) is 6.73. The molecule has 1 saturated heterocycles. The van der Waals surface area contributed by atoms with Crippen LogP contribution in [0.2, 0.25) is 0 Å². The van der Waals surface area contributed by atoms with E-state index >= 15 is 0 Å². The molecule has 0 spiro atoms. The van der Waals surface area contributed by atoms with E-state index in [0.717, 1.165) is 23.2 Å².